The number of fused-ring (bicyclic) bond motifs is 3. The molecule has 11 nitrogen and oxygen atoms in total. The first-order chi connectivity index (χ1) is 22.9. The average Bonchev–Trinajstić information content (AvgIpc) is 3.05. The third-order valence-electron chi connectivity index (χ3n) is 10.2. The van der Waals surface area contributed by atoms with Crippen LogP contribution in [0.3, 0.4) is 0 Å². The van der Waals surface area contributed by atoms with Crippen molar-refractivity contribution in [1.82, 2.24) is 5.32 Å². The molecule has 6 unspecified atom stereocenters. The van der Waals surface area contributed by atoms with Gasteiger partial charge >= 0.3 is 0 Å². The Morgan fingerprint density at radius 1 is 1.00 bits per heavy atom. The smallest absolute Gasteiger partial charge is 0.202 e. The molecule has 270 valence electrons. The van der Waals surface area contributed by atoms with Crippen LogP contribution in [0.25, 0.3) is 0 Å². The fraction of sp³-hybridized carbons (Fsp3) is 0.595. The van der Waals surface area contributed by atoms with E-state index in [2.05, 4.69) is 12.2 Å². The van der Waals surface area contributed by atoms with Gasteiger partial charge in [-0.05, 0) is 32.9 Å². The van der Waals surface area contributed by atoms with Crippen LogP contribution < -0.4 is 10.1 Å². The summed E-state index contributed by atoms with van der Waals surface area (Å²) >= 11 is 0. The Balaban J connectivity index is 0.00000541. The number of rotatable bonds is 14. The van der Waals surface area contributed by atoms with Gasteiger partial charge in [0.05, 0.1) is 42.1 Å². The number of hydrogen-bond acceptors (Lipinski definition) is 11. The van der Waals surface area contributed by atoms with Gasteiger partial charge in [-0.25, -0.2) is 0 Å². The van der Waals surface area contributed by atoms with Gasteiger partial charge in [0.15, 0.2) is 17.9 Å². The van der Waals surface area contributed by atoms with E-state index in [4.69, 9.17) is 14.2 Å². The van der Waals surface area contributed by atoms with Gasteiger partial charge in [0, 0.05) is 42.0 Å². The van der Waals surface area contributed by atoms with E-state index >= 15 is 0 Å². The number of aromatic hydroxyl groups is 2. The van der Waals surface area contributed by atoms with E-state index < -0.39 is 76.6 Å². The SMILES string of the molecule is CCCCCCCCCCNC1CC(OC2CC(O)(C(C)=O)Cc3c(O)c4c(c(O)c32)C(=O)c2c(OC)cccc2C4=O)OC(C)C1O.Cl. The number of aliphatic hydroxyl groups is 2. The minimum atomic E-state index is -1.99. The number of carbonyl (C=O) groups is 3. The number of methoxy groups -OCH3 is 1. The maximum Gasteiger partial charge on any atom is 0.202 e. The van der Waals surface area contributed by atoms with Crippen LogP contribution in [-0.4, -0.2) is 81.6 Å². The molecule has 2 aromatic rings. The Bertz CT molecular complexity index is 1550. The number of hydrogen-bond donors (Lipinski definition) is 5. The second kappa shape index (κ2) is 16.3. The standard InChI is InChI=1S/C37H49NO10.ClH/c1-5-6-7-8-9-10-11-12-16-38-24-17-27(47-20(2)32(24)40)48-26-19-37(45,21(3)39)18-23-29(26)36(44)31-30(34(23)42)33(41)22-14-13-15-25(46-4)28(22)35(31)43;/h13-15,20,24,26-27,32,38,40,42,44-45H,5-12,16-19H2,1-4H3;1H. The maximum atomic E-state index is 13.9. The van der Waals surface area contributed by atoms with Crippen LogP contribution >= 0.6 is 12.4 Å². The molecular weight excluding hydrogens is 654 g/mol. The van der Waals surface area contributed by atoms with Gasteiger partial charge in [-0.1, -0.05) is 64.0 Å². The number of benzene rings is 2. The quantitative estimate of drug-likeness (QED) is 0.110. The molecule has 12 heteroatoms. The molecule has 0 bridgehead atoms. The van der Waals surface area contributed by atoms with Crippen molar-refractivity contribution in [3.05, 3.63) is 51.6 Å². The molecule has 0 amide bonds. The lowest BCUT2D eigenvalue weighted by Crippen LogP contribution is -2.54. The maximum absolute atomic E-state index is 13.9. The van der Waals surface area contributed by atoms with Crippen molar-refractivity contribution in [3.63, 3.8) is 0 Å². The third kappa shape index (κ3) is 7.67. The van der Waals surface area contributed by atoms with Crippen molar-refractivity contribution in [2.24, 2.45) is 0 Å². The van der Waals surface area contributed by atoms with Crippen molar-refractivity contribution in [2.45, 2.75) is 128 Å². The van der Waals surface area contributed by atoms with Crippen LogP contribution in [0.2, 0.25) is 0 Å². The number of aliphatic hydroxyl groups excluding tert-OH is 1. The van der Waals surface area contributed by atoms with Gasteiger partial charge in [0.1, 0.15) is 22.8 Å². The largest absolute Gasteiger partial charge is 0.507 e. The van der Waals surface area contributed by atoms with Crippen molar-refractivity contribution in [1.29, 1.82) is 0 Å². The van der Waals surface area contributed by atoms with Crippen LogP contribution in [0, 0.1) is 0 Å². The van der Waals surface area contributed by atoms with E-state index in [-0.39, 0.29) is 59.3 Å². The number of halogens is 1. The number of Topliss-reactive ketones (excluding diaryl/α,β-unsaturated/α-hetero) is 1. The van der Waals surface area contributed by atoms with Crippen molar-refractivity contribution >= 4 is 29.8 Å². The molecule has 0 aromatic heterocycles. The molecule has 1 heterocycles. The van der Waals surface area contributed by atoms with Crippen molar-refractivity contribution in [2.75, 3.05) is 13.7 Å². The second-order valence-electron chi connectivity index (χ2n) is 13.5. The predicted octanol–water partition coefficient (Wildman–Crippen LogP) is 5.22. The molecular formula is C37H50ClNO10. The number of carbonyl (C=O) groups excluding carboxylic acids is 3. The van der Waals surface area contributed by atoms with E-state index in [0.29, 0.717) is 6.54 Å². The number of unbranched alkanes of at least 4 members (excludes halogenated alkanes) is 7. The molecule has 5 N–H and O–H groups in total. The Hall–Kier alpha value is -3.06. The Morgan fingerprint density at radius 2 is 1.65 bits per heavy atom. The summed E-state index contributed by atoms with van der Waals surface area (Å²) in [6.07, 6.45) is 5.41. The minimum absolute atomic E-state index is 0. The van der Waals surface area contributed by atoms with Crippen molar-refractivity contribution in [3.8, 4) is 17.2 Å². The zero-order chi connectivity index (χ0) is 34.7. The summed E-state index contributed by atoms with van der Waals surface area (Å²) in [6, 6.07) is 4.13. The van der Waals surface area contributed by atoms with Crippen LogP contribution in [0.5, 0.6) is 17.2 Å². The highest BCUT2D eigenvalue weighted by molar-refractivity contribution is 6.31. The zero-order valence-electron chi connectivity index (χ0n) is 28.8. The average molecular weight is 704 g/mol. The topological polar surface area (TPSA) is 172 Å². The minimum Gasteiger partial charge on any atom is -0.507 e. The van der Waals surface area contributed by atoms with Crippen LogP contribution in [0.15, 0.2) is 18.2 Å². The normalized spacial score (nSPS) is 26.0. The molecule has 0 saturated carbocycles. The first-order valence-corrected chi connectivity index (χ1v) is 17.3. The van der Waals surface area contributed by atoms with Crippen molar-refractivity contribution < 1.29 is 49.0 Å². The summed E-state index contributed by atoms with van der Waals surface area (Å²) in [6.45, 7) is 5.85. The Labute approximate surface area is 293 Å². The summed E-state index contributed by atoms with van der Waals surface area (Å²) in [7, 11) is 1.36. The zero-order valence-corrected chi connectivity index (χ0v) is 29.6. The predicted molar refractivity (Wildman–Crippen MR) is 184 cm³/mol. The summed E-state index contributed by atoms with van der Waals surface area (Å²) < 4.78 is 17.7. The monoisotopic (exact) mass is 703 g/mol. The molecule has 2 aliphatic carbocycles. The summed E-state index contributed by atoms with van der Waals surface area (Å²) in [5.74, 6) is -3.04. The summed E-state index contributed by atoms with van der Waals surface area (Å²) in [4.78, 5) is 40.3. The van der Waals surface area contributed by atoms with Gasteiger partial charge in [-0.2, -0.15) is 0 Å². The number of nitrogens with one attached hydrogen (secondary N) is 1. The van der Waals surface area contributed by atoms with E-state index in [1.807, 2.05) is 0 Å². The first-order valence-electron chi connectivity index (χ1n) is 17.3. The van der Waals surface area contributed by atoms with Crippen LogP contribution in [-0.2, 0) is 20.7 Å². The Morgan fingerprint density at radius 3 is 2.31 bits per heavy atom. The molecule has 2 aromatic carbocycles. The molecule has 6 atom stereocenters. The Kier molecular flexibility index (Phi) is 12.9. The highest BCUT2D eigenvalue weighted by atomic mass is 35.5. The van der Waals surface area contributed by atoms with Gasteiger partial charge in [-0.15, -0.1) is 12.4 Å². The van der Waals surface area contributed by atoms with E-state index in [9.17, 15) is 34.8 Å². The fourth-order valence-electron chi connectivity index (χ4n) is 7.37. The molecule has 49 heavy (non-hydrogen) atoms. The third-order valence-corrected chi connectivity index (χ3v) is 10.2. The lowest BCUT2D eigenvalue weighted by atomic mass is 9.72. The molecule has 1 aliphatic heterocycles. The van der Waals surface area contributed by atoms with E-state index in [0.717, 1.165) is 19.3 Å². The summed E-state index contributed by atoms with van der Waals surface area (Å²) in [5.41, 5.74) is -2.88. The van der Waals surface area contributed by atoms with Gasteiger partial charge in [0.25, 0.3) is 0 Å². The number of ketones is 3. The molecule has 1 fully saturated rings. The summed E-state index contributed by atoms with van der Waals surface area (Å²) in [5, 5.41) is 49.1. The fourth-order valence-corrected chi connectivity index (χ4v) is 7.37. The highest BCUT2D eigenvalue weighted by Gasteiger charge is 2.49. The lowest BCUT2D eigenvalue weighted by Gasteiger charge is -2.43. The number of phenolic OH excluding ortho intramolecular Hbond substituents is 2. The number of ether oxygens (including phenoxy) is 3. The van der Waals surface area contributed by atoms with Gasteiger partial charge in [0.2, 0.25) is 5.78 Å². The van der Waals surface area contributed by atoms with Gasteiger partial charge in [-0.3, -0.25) is 14.4 Å². The van der Waals surface area contributed by atoms with Crippen LogP contribution in [0.4, 0.5) is 0 Å². The lowest BCUT2D eigenvalue weighted by molar-refractivity contribution is -0.249. The molecule has 1 saturated heterocycles. The molecule has 0 spiro atoms. The van der Waals surface area contributed by atoms with E-state index in [1.54, 1.807) is 13.0 Å². The molecule has 0 radical (unpaired) electrons. The second-order valence-corrected chi connectivity index (χ2v) is 13.5. The molecule has 3 aliphatic rings. The molecule has 5 rings (SSSR count). The van der Waals surface area contributed by atoms with E-state index in [1.165, 1.54) is 58.3 Å². The number of phenols is 2. The first kappa shape index (κ1) is 38.7. The van der Waals surface area contributed by atoms with Crippen LogP contribution in [0.1, 0.15) is 134 Å². The highest BCUT2D eigenvalue weighted by Crippen LogP contribution is 2.52. The van der Waals surface area contributed by atoms with Gasteiger partial charge < -0.3 is 40.0 Å².